The molecule has 1 aromatic carbocycles. The fraction of sp³-hybridized carbons (Fsp3) is 0.571. The minimum Gasteiger partial charge on any atom is -0.393 e. The highest BCUT2D eigenvalue weighted by Crippen LogP contribution is 2.18. The number of nitrogens with zero attached hydrogens (tertiary/aromatic N) is 1. The van der Waals surface area contributed by atoms with Gasteiger partial charge in [-0.1, -0.05) is 6.07 Å². The standard InChI is InChI=1S/C14H20F2N2O3S/c15-12-3-1-4-13(16)14(12)22(20,21)17-7-2-8-18-9-5-11(19)6-10-18/h1,3-4,11,17,19H,2,5-10H2. The zero-order valence-corrected chi connectivity index (χ0v) is 13.0. The van der Waals surface area contributed by atoms with E-state index >= 15 is 0 Å². The van der Waals surface area contributed by atoms with E-state index in [1.165, 1.54) is 0 Å². The van der Waals surface area contributed by atoms with Gasteiger partial charge in [0.2, 0.25) is 10.0 Å². The number of aliphatic hydroxyl groups is 1. The first kappa shape index (κ1) is 17.3. The van der Waals surface area contributed by atoms with Crippen LogP contribution in [0.5, 0.6) is 0 Å². The van der Waals surface area contributed by atoms with E-state index in [9.17, 15) is 22.3 Å². The number of hydrogen-bond donors (Lipinski definition) is 2. The quantitative estimate of drug-likeness (QED) is 0.764. The van der Waals surface area contributed by atoms with E-state index in [1.807, 2.05) is 0 Å². The van der Waals surface area contributed by atoms with E-state index in [1.54, 1.807) is 0 Å². The van der Waals surface area contributed by atoms with Gasteiger partial charge >= 0.3 is 0 Å². The predicted octanol–water partition coefficient (Wildman–Crippen LogP) is 1.09. The molecule has 1 fully saturated rings. The molecule has 0 radical (unpaired) electrons. The Morgan fingerprint density at radius 3 is 2.41 bits per heavy atom. The topological polar surface area (TPSA) is 69.6 Å². The Balaban J connectivity index is 1.83. The smallest absolute Gasteiger partial charge is 0.246 e. The molecule has 0 atom stereocenters. The normalized spacial score (nSPS) is 17.8. The molecule has 0 aliphatic carbocycles. The molecule has 2 rings (SSSR count). The van der Waals surface area contributed by atoms with Crippen LogP contribution < -0.4 is 4.72 Å². The summed E-state index contributed by atoms with van der Waals surface area (Å²) >= 11 is 0. The minimum absolute atomic E-state index is 0.106. The molecule has 124 valence electrons. The summed E-state index contributed by atoms with van der Waals surface area (Å²) in [5.41, 5.74) is 0. The molecule has 0 saturated carbocycles. The number of nitrogens with one attached hydrogen (secondary N) is 1. The highest BCUT2D eigenvalue weighted by Gasteiger charge is 2.23. The van der Waals surface area contributed by atoms with E-state index < -0.39 is 26.6 Å². The first-order chi connectivity index (χ1) is 10.4. The zero-order valence-electron chi connectivity index (χ0n) is 12.1. The van der Waals surface area contributed by atoms with E-state index in [4.69, 9.17) is 0 Å². The predicted molar refractivity (Wildman–Crippen MR) is 77.8 cm³/mol. The van der Waals surface area contributed by atoms with Crippen molar-refractivity contribution in [3.05, 3.63) is 29.8 Å². The maximum atomic E-state index is 13.5. The second kappa shape index (κ2) is 7.45. The molecule has 1 aliphatic rings. The molecule has 0 amide bonds. The molecule has 5 nitrogen and oxygen atoms in total. The summed E-state index contributed by atoms with van der Waals surface area (Å²) in [7, 11) is -4.19. The number of benzene rings is 1. The molecule has 22 heavy (non-hydrogen) atoms. The monoisotopic (exact) mass is 334 g/mol. The molecule has 1 saturated heterocycles. The third kappa shape index (κ3) is 4.45. The van der Waals surface area contributed by atoms with Gasteiger partial charge in [-0.15, -0.1) is 0 Å². The van der Waals surface area contributed by atoms with Gasteiger partial charge in [0.1, 0.15) is 11.6 Å². The van der Waals surface area contributed by atoms with Crippen molar-refractivity contribution in [1.82, 2.24) is 9.62 Å². The first-order valence-electron chi connectivity index (χ1n) is 7.24. The van der Waals surface area contributed by atoms with Gasteiger partial charge in [0, 0.05) is 19.6 Å². The number of aliphatic hydroxyl groups excluding tert-OH is 1. The van der Waals surface area contributed by atoms with Crippen molar-refractivity contribution in [2.75, 3.05) is 26.2 Å². The molecule has 8 heteroatoms. The summed E-state index contributed by atoms with van der Waals surface area (Å²) < 4.78 is 53.1. The highest BCUT2D eigenvalue weighted by atomic mass is 32.2. The Kier molecular flexibility index (Phi) is 5.85. The fourth-order valence-electron chi connectivity index (χ4n) is 2.46. The largest absolute Gasteiger partial charge is 0.393 e. The van der Waals surface area contributed by atoms with Crippen molar-refractivity contribution >= 4 is 10.0 Å². The molecule has 1 aliphatic heterocycles. The van der Waals surface area contributed by atoms with E-state index in [0.29, 0.717) is 25.8 Å². The molecule has 0 unspecified atom stereocenters. The van der Waals surface area contributed by atoms with Gasteiger partial charge in [0.25, 0.3) is 0 Å². The Labute approximate surface area is 129 Å². The van der Waals surface area contributed by atoms with Crippen molar-refractivity contribution in [2.24, 2.45) is 0 Å². The average Bonchev–Trinajstić information content (AvgIpc) is 2.45. The van der Waals surface area contributed by atoms with E-state index in [0.717, 1.165) is 31.3 Å². The summed E-state index contributed by atoms with van der Waals surface area (Å²) in [6, 6.07) is 2.95. The van der Waals surface area contributed by atoms with Gasteiger partial charge in [-0.25, -0.2) is 21.9 Å². The van der Waals surface area contributed by atoms with Crippen LogP contribution in [0.15, 0.2) is 23.1 Å². The number of piperidine rings is 1. The van der Waals surface area contributed by atoms with Gasteiger partial charge in [-0.05, 0) is 37.9 Å². The van der Waals surface area contributed by atoms with Gasteiger partial charge < -0.3 is 10.0 Å². The maximum absolute atomic E-state index is 13.5. The van der Waals surface area contributed by atoms with Crippen LogP contribution in [-0.2, 0) is 10.0 Å². The van der Waals surface area contributed by atoms with Crippen LogP contribution in [0.2, 0.25) is 0 Å². The third-order valence-corrected chi connectivity index (χ3v) is 5.20. The van der Waals surface area contributed by atoms with Crippen LogP contribution in [0.3, 0.4) is 0 Å². The summed E-state index contributed by atoms with van der Waals surface area (Å²) in [4.78, 5) is 1.20. The molecular formula is C14H20F2N2O3S. The van der Waals surface area contributed by atoms with Crippen LogP contribution in [0.4, 0.5) is 8.78 Å². The first-order valence-corrected chi connectivity index (χ1v) is 8.72. The van der Waals surface area contributed by atoms with Crippen molar-refractivity contribution in [3.8, 4) is 0 Å². The molecule has 1 heterocycles. The molecule has 0 aromatic heterocycles. The van der Waals surface area contributed by atoms with Crippen LogP contribution in [-0.4, -0.2) is 50.7 Å². The maximum Gasteiger partial charge on any atom is 0.246 e. The molecule has 0 bridgehead atoms. The lowest BCUT2D eigenvalue weighted by atomic mass is 10.1. The minimum atomic E-state index is -4.19. The van der Waals surface area contributed by atoms with Gasteiger partial charge in [-0.3, -0.25) is 0 Å². The molecule has 0 spiro atoms. The summed E-state index contributed by atoms with van der Waals surface area (Å²) in [6.07, 6.45) is 1.71. The Morgan fingerprint density at radius 1 is 1.23 bits per heavy atom. The van der Waals surface area contributed by atoms with Gasteiger partial charge in [0.05, 0.1) is 6.10 Å². The lowest BCUT2D eigenvalue weighted by Gasteiger charge is -2.29. The zero-order chi connectivity index (χ0) is 16.2. The lowest BCUT2D eigenvalue weighted by Crippen LogP contribution is -2.37. The van der Waals surface area contributed by atoms with Crippen molar-refractivity contribution in [1.29, 1.82) is 0 Å². The summed E-state index contributed by atoms with van der Waals surface area (Å²) in [5, 5.41) is 9.39. The SMILES string of the molecule is O=S(=O)(NCCCN1CCC(O)CC1)c1c(F)cccc1F. The lowest BCUT2D eigenvalue weighted by molar-refractivity contribution is 0.0823. The van der Waals surface area contributed by atoms with E-state index in [2.05, 4.69) is 9.62 Å². The van der Waals surface area contributed by atoms with Gasteiger partial charge in [-0.2, -0.15) is 0 Å². The third-order valence-electron chi connectivity index (χ3n) is 3.69. The van der Waals surface area contributed by atoms with Gasteiger partial charge in [0.15, 0.2) is 4.90 Å². The fourth-order valence-corrected chi connectivity index (χ4v) is 3.67. The van der Waals surface area contributed by atoms with Crippen LogP contribution in [0.1, 0.15) is 19.3 Å². The molecule has 2 N–H and O–H groups in total. The van der Waals surface area contributed by atoms with Crippen LogP contribution in [0.25, 0.3) is 0 Å². The molecule has 1 aromatic rings. The summed E-state index contributed by atoms with van der Waals surface area (Å²) in [5.74, 6) is -2.20. The second-order valence-corrected chi connectivity index (χ2v) is 7.08. The second-order valence-electron chi connectivity index (χ2n) is 5.37. The van der Waals surface area contributed by atoms with Crippen molar-refractivity contribution in [2.45, 2.75) is 30.3 Å². The van der Waals surface area contributed by atoms with Crippen LogP contribution in [0, 0.1) is 11.6 Å². The number of hydrogen-bond acceptors (Lipinski definition) is 4. The average molecular weight is 334 g/mol. The Hall–Kier alpha value is -1.09. The van der Waals surface area contributed by atoms with Crippen molar-refractivity contribution < 1.29 is 22.3 Å². The number of rotatable bonds is 6. The Bertz CT molecular complexity index is 582. The van der Waals surface area contributed by atoms with E-state index in [-0.39, 0.29) is 12.6 Å². The summed E-state index contributed by atoms with van der Waals surface area (Å²) in [6.45, 7) is 2.33. The highest BCUT2D eigenvalue weighted by molar-refractivity contribution is 7.89. The number of likely N-dealkylation sites (tertiary alicyclic amines) is 1. The van der Waals surface area contributed by atoms with Crippen LogP contribution >= 0.6 is 0 Å². The number of halogens is 2. The van der Waals surface area contributed by atoms with Crippen molar-refractivity contribution in [3.63, 3.8) is 0 Å². The molecular weight excluding hydrogens is 314 g/mol. The number of sulfonamides is 1. The Morgan fingerprint density at radius 2 is 1.82 bits per heavy atom.